The van der Waals surface area contributed by atoms with Gasteiger partial charge < -0.3 is 15.0 Å². The molecule has 1 aromatic carbocycles. The minimum absolute atomic E-state index is 0.105. The first kappa shape index (κ1) is 19.9. The zero-order chi connectivity index (χ0) is 19.5. The standard InChI is InChI=1S/C16H17F5N2O3/c1-9-2-3-12(26-15(17)18)10(4-9)6-22-14(25)11-5-13(24)23(7-11)8-16(19,20)21/h2-4,11,15H,5-8H2,1H3,(H,22,25). The normalized spacial score (nSPS) is 17.7. The molecule has 0 bridgehead atoms. The number of carbonyl (C=O) groups is 2. The molecule has 0 saturated carbocycles. The van der Waals surface area contributed by atoms with E-state index in [2.05, 4.69) is 10.1 Å². The highest BCUT2D eigenvalue weighted by Gasteiger charge is 2.40. The molecule has 1 saturated heterocycles. The second kappa shape index (κ2) is 7.88. The van der Waals surface area contributed by atoms with E-state index in [9.17, 15) is 31.5 Å². The Morgan fingerprint density at radius 2 is 2.08 bits per heavy atom. The minimum atomic E-state index is -4.54. The number of hydrogen-bond donors (Lipinski definition) is 1. The molecule has 0 radical (unpaired) electrons. The molecule has 1 aromatic rings. The lowest BCUT2D eigenvalue weighted by Gasteiger charge is -2.18. The molecule has 0 aromatic heterocycles. The van der Waals surface area contributed by atoms with Crippen molar-refractivity contribution in [1.82, 2.24) is 10.2 Å². The van der Waals surface area contributed by atoms with Gasteiger partial charge >= 0.3 is 12.8 Å². The van der Waals surface area contributed by atoms with E-state index in [1.54, 1.807) is 19.1 Å². The molecule has 2 amide bonds. The number of halogens is 5. The predicted molar refractivity (Wildman–Crippen MR) is 80.4 cm³/mol. The molecule has 5 nitrogen and oxygen atoms in total. The third kappa shape index (κ3) is 5.57. The summed E-state index contributed by atoms with van der Waals surface area (Å²) in [4.78, 5) is 24.3. The van der Waals surface area contributed by atoms with Gasteiger partial charge in [-0.25, -0.2) is 0 Å². The molecule has 144 valence electrons. The summed E-state index contributed by atoms with van der Waals surface area (Å²) in [6.07, 6.45) is -4.86. The van der Waals surface area contributed by atoms with Crippen LogP contribution < -0.4 is 10.1 Å². The number of rotatable bonds is 6. The van der Waals surface area contributed by atoms with E-state index in [1.807, 2.05) is 0 Å². The number of hydrogen-bond acceptors (Lipinski definition) is 3. The molecular formula is C16H17F5N2O3. The second-order valence-electron chi connectivity index (χ2n) is 6.00. The summed E-state index contributed by atoms with van der Waals surface area (Å²) in [6.45, 7) is -3.19. The van der Waals surface area contributed by atoms with Crippen LogP contribution in [0.1, 0.15) is 17.5 Å². The van der Waals surface area contributed by atoms with Crippen molar-refractivity contribution in [2.24, 2.45) is 5.92 Å². The number of nitrogens with zero attached hydrogens (tertiary/aromatic N) is 1. The summed E-state index contributed by atoms with van der Waals surface area (Å²) in [7, 11) is 0. The Hall–Kier alpha value is -2.39. The van der Waals surface area contributed by atoms with Crippen molar-refractivity contribution in [3.63, 3.8) is 0 Å². The van der Waals surface area contributed by atoms with Crippen molar-refractivity contribution < 1.29 is 36.3 Å². The van der Waals surface area contributed by atoms with E-state index >= 15 is 0 Å². The van der Waals surface area contributed by atoms with Crippen LogP contribution in [0.25, 0.3) is 0 Å². The summed E-state index contributed by atoms with van der Waals surface area (Å²) in [5, 5.41) is 2.46. The van der Waals surface area contributed by atoms with E-state index in [4.69, 9.17) is 0 Å². The highest BCUT2D eigenvalue weighted by molar-refractivity contribution is 5.89. The molecule has 1 atom stereocenters. The first-order chi connectivity index (χ1) is 12.0. The quantitative estimate of drug-likeness (QED) is 0.772. The minimum Gasteiger partial charge on any atom is -0.434 e. The van der Waals surface area contributed by atoms with Gasteiger partial charge in [0.15, 0.2) is 0 Å². The Kier molecular flexibility index (Phi) is 6.04. The maximum absolute atomic E-state index is 12.4. The summed E-state index contributed by atoms with van der Waals surface area (Å²) >= 11 is 0. The molecule has 1 aliphatic heterocycles. The summed E-state index contributed by atoms with van der Waals surface area (Å²) in [5.41, 5.74) is 1.05. The van der Waals surface area contributed by atoms with Gasteiger partial charge in [0.2, 0.25) is 11.8 Å². The smallest absolute Gasteiger partial charge is 0.406 e. The summed E-state index contributed by atoms with van der Waals surface area (Å²) in [5.74, 6) is -2.39. The fourth-order valence-corrected chi connectivity index (χ4v) is 2.70. The number of likely N-dealkylation sites (tertiary alicyclic amines) is 1. The average molecular weight is 380 g/mol. The molecule has 1 N–H and O–H groups in total. The molecule has 0 aliphatic carbocycles. The van der Waals surface area contributed by atoms with Gasteiger partial charge in [-0.1, -0.05) is 17.7 Å². The van der Waals surface area contributed by atoms with Gasteiger partial charge in [0.25, 0.3) is 0 Å². The monoisotopic (exact) mass is 380 g/mol. The molecule has 26 heavy (non-hydrogen) atoms. The first-order valence-electron chi connectivity index (χ1n) is 7.71. The lowest BCUT2D eigenvalue weighted by molar-refractivity contribution is -0.157. The van der Waals surface area contributed by atoms with Crippen molar-refractivity contribution in [3.8, 4) is 5.75 Å². The lowest BCUT2D eigenvalue weighted by atomic mass is 10.1. The SMILES string of the molecule is Cc1ccc(OC(F)F)c(CNC(=O)C2CC(=O)N(CC(F)(F)F)C2)c1. The van der Waals surface area contributed by atoms with Crippen LogP contribution in [0, 0.1) is 12.8 Å². The number of benzene rings is 1. The van der Waals surface area contributed by atoms with Gasteiger partial charge in [0.1, 0.15) is 12.3 Å². The van der Waals surface area contributed by atoms with Crippen LogP contribution in [0.15, 0.2) is 18.2 Å². The van der Waals surface area contributed by atoms with Gasteiger partial charge in [-0.15, -0.1) is 0 Å². The Balaban J connectivity index is 1.97. The predicted octanol–water partition coefficient (Wildman–Crippen LogP) is 2.62. The number of aryl methyl sites for hydroxylation is 1. The molecule has 1 fully saturated rings. The number of amides is 2. The highest BCUT2D eigenvalue weighted by atomic mass is 19.4. The van der Waals surface area contributed by atoms with E-state index in [1.165, 1.54) is 6.07 Å². The van der Waals surface area contributed by atoms with Crippen LogP contribution in [-0.4, -0.2) is 42.6 Å². The zero-order valence-corrected chi connectivity index (χ0v) is 13.8. The average Bonchev–Trinajstić information content (AvgIpc) is 2.86. The zero-order valence-electron chi connectivity index (χ0n) is 13.8. The summed E-state index contributed by atoms with van der Waals surface area (Å²) in [6, 6.07) is 4.45. The molecule has 1 aliphatic rings. The van der Waals surface area contributed by atoms with Gasteiger partial charge in [0.05, 0.1) is 5.92 Å². The fraction of sp³-hybridized carbons (Fsp3) is 0.500. The third-order valence-electron chi connectivity index (χ3n) is 3.84. The molecule has 1 unspecified atom stereocenters. The van der Waals surface area contributed by atoms with E-state index in [0.29, 0.717) is 10.5 Å². The Labute approximate surface area is 146 Å². The second-order valence-corrected chi connectivity index (χ2v) is 6.00. The topological polar surface area (TPSA) is 58.6 Å². The van der Waals surface area contributed by atoms with E-state index in [-0.39, 0.29) is 25.3 Å². The van der Waals surface area contributed by atoms with Gasteiger partial charge in [-0.05, 0) is 13.0 Å². The number of nitrogens with one attached hydrogen (secondary N) is 1. The number of ether oxygens (including phenoxy) is 1. The van der Waals surface area contributed by atoms with Crippen LogP contribution >= 0.6 is 0 Å². The van der Waals surface area contributed by atoms with Crippen LogP contribution in [-0.2, 0) is 16.1 Å². The lowest BCUT2D eigenvalue weighted by Crippen LogP contribution is -2.37. The van der Waals surface area contributed by atoms with Crippen molar-refractivity contribution >= 4 is 11.8 Å². The van der Waals surface area contributed by atoms with Crippen LogP contribution in [0.4, 0.5) is 22.0 Å². The highest BCUT2D eigenvalue weighted by Crippen LogP contribution is 2.25. The first-order valence-corrected chi connectivity index (χ1v) is 7.71. The van der Waals surface area contributed by atoms with Crippen LogP contribution in [0.3, 0.4) is 0 Å². The Bertz CT molecular complexity index is 678. The Morgan fingerprint density at radius 3 is 2.69 bits per heavy atom. The maximum atomic E-state index is 12.4. The maximum Gasteiger partial charge on any atom is 0.406 e. The fourth-order valence-electron chi connectivity index (χ4n) is 2.70. The van der Waals surface area contributed by atoms with E-state index in [0.717, 1.165) is 5.56 Å². The van der Waals surface area contributed by atoms with Crippen molar-refractivity contribution in [2.75, 3.05) is 13.1 Å². The number of carbonyl (C=O) groups excluding carboxylic acids is 2. The van der Waals surface area contributed by atoms with Gasteiger partial charge in [0, 0.05) is 25.1 Å². The molecule has 1 heterocycles. The van der Waals surface area contributed by atoms with E-state index < -0.39 is 37.1 Å². The molecule has 0 spiro atoms. The van der Waals surface area contributed by atoms with Crippen LogP contribution in [0.2, 0.25) is 0 Å². The molecule has 2 rings (SSSR count). The largest absolute Gasteiger partial charge is 0.434 e. The van der Waals surface area contributed by atoms with Crippen molar-refractivity contribution in [1.29, 1.82) is 0 Å². The number of alkyl halides is 5. The summed E-state index contributed by atoms with van der Waals surface area (Å²) < 4.78 is 66.4. The van der Waals surface area contributed by atoms with Gasteiger partial charge in [-0.2, -0.15) is 22.0 Å². The molecular weight excluding hydrogens is 363 g/mol. The van der Waals surface area contributed by atoms with Crippen molar-refractivity contribution in [3.05, 3.63) is 29.3 Å². The molecule has 10 heteroatoms. The van der Waals surface area contributed by atoms with Gasteiger partial charge in [-0.3, -0.25) is 9.59 Å². The Morgan fingerprint density at radius 1 is 1.38 bits per heavy atom. The third-order valence-corrected chi connectivity index (χ3v) is 3.84. The van der Waals surface area contributed by atoms with Crippen LogP contribution in [0.5, 0.6) is 5.75 Å². The van der Waals surface area contributed by atoms with Crippen molar-refractivity contribution in [2.45, 2.75) is 32.7 Å².